The number of aromatic nitrogens is 2. The largest absolute Gasteiger partial charge is 0.316 e. The molecule has 2 aromatic rings. The molecule has 2 N–H and O–H groups in total. The molecule has 0 atom stereocenters. The van der Waals surface area contributed by atoms with Crippen molar-refractivity contribution in [3.8, 4) is 0 Å². The summed E-state index contributed by atoms with van der Waals surface area (Å²) in [5.41, 5.74) is 3.18. The number of sulfonamides is 1. The van der Waals surface area contributed by atoms with Crippen LogP contribution in [0.4, 0.5) is 5.13 Å². The molecule has 0 unspecified atom stereocenters. The first-order valence-corrected chi connectivity index (χ1v) is 8.48. The number of benzene rings is 1. The minimum absolute atomic E-state index is 0.270. The molecule has 0 amide bonds. The van der Waals surface area contributed by atoms with Gasteiger partial charge in [0.2, 0.25) is 5.13 Å². The molecule has 0 fully saturated rings. The van der Waals surface area contributed by atoms with Crippen molar-refractivity contribution in [1.82, 2.24) is 15.5 Å². The lowest BCUT2D eigenvalue weighted by Crippen LogP contribution is -2.16. The molecule has 1 aromatic heterocycles. The number of anilines is 1. The van der Waals surface area contributed by atoms with Crippen LogP contribution in [0.25, 0.3) is 0 Å². The van der Waals surface area contributed by atoms with Gasteiger partial charge < -0.3 is 5.32 Å². The van der Waals surface area contributed by atoms with E-state index in [9.17, 15) is 8.42 Å². The van der Waals surface area contributed by atoms with Crippen molar-refractivity contribution >= 4 is 26.5 Å². The van der Waals surface area contributed by atoms with Crippen LogP contribution in [0.15, 0.2) is 28.6 Å². The number of nitrogens with zero attached hydrogens (tertiary/aromatic N) is 2. The molecule has 0 bridgehead atoms. The van der Waals surface area contributed by atoms with Crippen LogP contribution in [0, 0.1) is 0 Å². The van der Waals surface area contributed by atoms with E-state index in [0.29, 0.717) is 17.9 Å². The van der Waals surface area contributed by atoms with Crippen LogP contribution in [0.3, 0.4) is 0 Å². The van der Waals surface area contributed by atoms with E-state index in [1.54, 1.807) is 6.07 Å². The lowest BCUT2D eigenvalue weighted by molar-refractivity contribution is 0.599. The van der Waals surface area contributed by atoms with Gasteiger partial charge in [-0.25, -0.2) is 8.42 Å². The average Bonchev–Trinajstić information content (AvgIpc) is 2.91. The molecule has 2 rings (SSSR count). The average molecular weight is 312 g/mol. The summed E-state index contributed by atoms with van der Waals surface area (Å²) in [5.74, 6) is 0. The summed E-state index contributed by atoms with van der Waals surface area (Å²) in [6, 6.07) is 5.47. The standard InChI is InChI=1S/C12H16N4O2S2/c1-3-10-5-4-9(7-13-2)6-11(10)20(17,18)16-12-15-14-8-19-12/h4-6,8,13H,3,7H2,1-2H3,(H,15,16). The Morgan fingerprint density at radius 2 is 2.15 bits per heavy atom. The van der Waals surface area contributed by atoms with Gasteiger partial charge in [-0.1, -0.05) is 30.4 Å². The summed E-state index contributed by atoms with van der Waals surface area (Å²) < 4.78 is 27.3. The molecule has 108 valence electrons. The highest BCUT2D eigenvalue weighted by Gasteiger charge is 2.19. The molecule has 0 saturated heterocycles. The molecule has 0 aliphatic carbocycles. The highest BCUT2D eigenvalue weighted by Crippen LogP contribution is 2.22. The van der Waals surface area contributed by atoms with Gasteiger partial charge in [-0.05, 0) is 30.7 Å². The Hall–Kier alpha value is -1.51. The van der Waals surface area contributed by atoms with Crippen molar-refractivity contribution in [3.63, 3.8) is 0 Å². The summed E-state index contributed by atoms with van der Waals surface area (Å²) in [5, 5.41) is 10.6. The van der Waals surface area contributed by atoms with Gasteiger partial charge in [-0.3, -0.25) is 4.72 Å². The Bertz CT molecular complexity index is 669. The van der Waals surface area contributed by atoms with Crippen LogP contribution in [0.1, 0.15) is 18.1 Å². The quantitative estimate of drug-likeness (QED) is 0.847. The van der Waals surface area contributed by atoms with Gasteiger partial charge in [0.15, 0.2) is 0 Å². The Balaban J connectivity index is 2.40. The second-order valence-electron chi connectivity index (χ2n) is 4.18. The smallest absolute Gasteiger partial charge is 0.263 e. The van der Waals surface area contributed by atoms with Crippen molar-refractivity contribution in [2.24, 2.45) is 0 Å². The van der Waals surface area contributed by atoms with E-state index in [1.165, 1.54) is 5.51 Å². The van der Waals surface area contributed by atoms with Crippen LogP contribution in [-0.4, -0.2) is 25.7 Å². The third kappa shape index (κ3) is 3.33. The van der Waals surface area contributed by atoms with E-state index >= 15 is 0 Å². The molecule has 1 aromatic carbocycles. The first-order valence-electron chi connectivity index (χ1n) is 6.12. The van der Waals surface area contributed by atoms with Crippen LogP contribution in [0.2, 0.25) is 0 Å². The van der Waals surface area contributed by atoms with Crippen LogP contribution >= 0.6 is 11.3 Å². The highest BCUT2D eigenvalue weighted by atomic mass is 32.2. The molecule has 0 aliphatic rings. The van der Waals surface area contributed by atoms with Crippen molar-refractivity contribution in [2.75, 3.05) is 11.8 Å². The topological polar surface area (TPSA) is 84.0 Å². The number of nitrogens with one attached hydrogen (secondary N) is 2. The molecule has 20 heavy (non-hydrogen) atoms. The first kappa shape index (κ1) is 14.9. The summed E-state index contributed by atoms with van der Waals surface area (Å²) in [6.45, 7) is 2.54. The lowest BCUT2D eigenvalue weighted by Gasteiger charge is -2.11. The van der Waals surface area contributed by atoms with Gasteiger partial charge in [0.25, 0.3) is 10.0 Å². The maximum atomic E-state index is 12.4. The van der Waals surface area contributed by atoms with E-state index in [1.807, 2.05) is 26.1 Å². The zero-order valence-electron chi connectivity index (χ0n) is 11.3. The third-order valence-corrected chi connectivity index (χ3v) is 4.92. The van der Waals surface area contributed by atoms with Crippen molar-refractivity contribution in [1.29, 1.82) is 0 Å². The van der Waals surface area contributed by atoms with Crippen LogP contribution in [-0.2, 0) is 23.0 Å². The predicted octanol–water partition coefficient (Wildman–Crippen LogP) is 1.62. The third-order valence-electron chi connectivity index (χ3n) is 2.76. The Kier molecular flexibility index (Phi) is 4.69. The Morgan fingerprint density at radius 3 is 2.75 bits per heavy atom. The molecule has 0 spiro atoms. The molecule has 0 aliphatic heterocycles. The maximum absolute atomic E-state index is 12.4. The van der Waals surface area contributed by atoms with Crippen molar-refractivity contribution in [2.45, 2.75) is 24.8 Å². The number of rotatable bonds is 6. The second kappa shape index (κ2) is 6.29. The zero-order chi connectivity index (χ0) is 14.6. The van der Waals surface area contributed by atoms with Crippen molar-refractivity contribution in [3.05, 3.63) is 34.8 Å². The minimum Gasteiger partial charge on any atom is -0.316 e. The minimum atomic E-state index is -3.64. The predicted molar refractivity (Wildman–Crippen MR) is 79.3 cm³/mol. The molecule has 0 radical (unpaired) electrons. The van der Waals surface area contributed by atoms with Gasteiger partial charge in [0.1, 0.15) is 5.51 Å². The fourth-order valence-corrected chi connectivity index (χ4v) is 3.90. The fourth-order valence-electron chi connectivity index (χ4n) is 1.84. The van der Waals surface area contributed by atoms with Gasteiger partial charge in [0.05, 0.1) is 4.90 Å². The molecular weight excluding hydrogens is 296 g/mol. The highest BCUT2D eigenvalue weighted by molar-refractivity contribution is 7.93. The first-order chi connectivity index (χ1) is 9.56. The molecule has 0 saturated carbocycles. The molecule has 1 heterocycles. The summed E-state index contributed by atoms with van der Waals surface area (Å²) >= 11 is 1.15. The van der Waals surface area contributed by atoms with Gasteiger partial charge in [0, 0.05) is 6.54 Å². The number of hydrogen-bond acceptors (Lipinski definition) is 6. The fraction of sp³-hybridized carbons (Fsp3) is 0.333. The van der Waals surface area contributed by atoms with E-state index < -0.39 is 10.0 Å². The van der Waals surface area contributed by atoms with Gasteiger partial charge in [-0.2, -0.15) is 0 Å². The normalized spacial score (nSPS) is 11.5. The van der Waals surface area contributed by atoms with E-state index in [0.717, 1.165) is 22.5 Å². The second-order valence-corrected chi connectivity index (χ2v) is 6.66. The maximum Gasteiger partial charge on any atom is 0.263 e. The van der Waals surface area contributed by atoms with Gasteiger partial charge >= 0.3 is 0 Å². The van der Waals surface area contributed by atoms with Gasteiger partial charge in [-0.15, -0.1) is 10.2 Å². The molecular formula is C12H16N4O2S2. The zero-order valence-corrected chi connectivity index (χ0v) is 12.9. The van der Waals surface area contributed by atoms with Crippen LogP contribution in [0.5, 0.6) is 0 Å². The van der Waals surface area contributed by atoms with Crippen molar-refractivity contribution < 1.29 is 8.42 Å². The van der Waals surface area contributed by atoms with Crippen LogP contribution < -0.4 is 10.0 Å². The van der Waals surface area contributed by atoms with E-state index in [4.69, 9.17) is 0 Å². The summed E-state index contributed by atoms with van der Waals surface area (Å²) in [6.07, 6.45) is 0.645. The monoisotopic (exact) mass is 312 g/mol. The number of hydrogen-bond donors (Lipinski definition) is 2. The summed E-state index contributed by atoms with van der Waals surface area (Å²) in [7, 11) is -1.82. The number of aryl methyl sites for hydroxylation is 1. The SMILES string of the molecule is CCc1ccc(CNC)cc1S(=O)(=O)Nc1nncs1. The summed E-state index contributed by atoms with van der Waals surface area (Å²) in [4.78, 5) is 0.294. The molecule has 6 nitrogen and oxygen atoms in total. The van der Waals surface area contributed by atoms with E-state index in [-0.39, 0.29) is 5.13 Å². The lowest BCUT2D eigenvalue weighted by atomic mass is 10.1. The Morgan fingerprint density at radius 1 is 1.35 bits per heavy atom. The molecule has 8 heteroatoms. The van der Waals surface area contributed by atoms with E-state index in [2.05, 4.69) is 20.2 Å². The Labute approximate surface area is 122 Å².